The topological polar surface area (TPSA) is 29.5 Å². The molecule has 2 heteroatoms. The van der Waals surface area contributed by atoms with Gasteiger partial charge >= 0.3 is 0 Å². The van der Waals surface area contributed by atoms with E-state index in [2.05, 4.69) is 25.1 Å². The number of allylic oxidation sites excluding steroid dienone is 2. The van der Waals surface area contributed by atoms with Crippen LogP contribution in [0.15, 0.2) is 48.6 Å². The Morgan fingerprint density at radius 1 is 0.885 bits per heavy atom. The molecule has 26 heavy (non-hydrogen) atoms. The summed E-state index contributed by atoms with van der Waals surface area (Å²) in [6.07, 6.45) is 19.4. The van der Waals surface area contributed by atoms with Gasteiger partial charge in [0.15, 0.2) is 5.79 Å². The summed E-state index contributed by atoms with van der Waals surface area (Å²) in [7, 11) is 0. The van der Waals surface area contributed by atoms with E-state index in [-0.39, 0.29) is 0 Å². The quantitative estimate of drug-likeness (QED) is 0.316. The molecule has 0 bridgehead atoms. The first-order valence-corrected chi connectivity index (χ1v) is 10.5. The van der Waals surface area contributed by atoms with Crippen molar-refractivity contribution in [2.24, 2.45) is 0 Å². The average Bonchev–Trinajstić information content (AvgIpc) is 2.67. The third-order valence-corrected chi connectivity index (χ3v) is 5.09. The first-order valence-electron chi connectivity index (χ1n) is 10.5. The van der Waals surface area contributed by atoms with Crippen molar-refractivity contribution in [3.63, 3.8) is 0 Å². The van der Waals surface area contributed by atoms with E-state index in [1.54, 1.807) is 6.08 Å². The van der Waals surface area contributed by atoms with Crippen LogP contribution in [-0.2, 0) is 4.74 Å². The maximum absolute atomic E-state index is 10.5. The molecule has 0 saturated carbocycles. The van der Waals surface area contributed by atoms with E-state index >= 15 is 0 Å². The summed E-state index contributed by atoms with van der Waals surface area (Å²) in [6.45, 7) is 2.89. The fourth-order valence-corrected chi connectivity index (χ4v) is 3.40. The van der Waals surface area contributed by atoms with Crippen molar-refractivity contribution >= 4 is 5.57 Å². The SMILES string of the molecule is CCCCCCCCCCCCOC1(O)C=CC(c2ccccc2)=CC1. The van der Waals surface area contributed by atoms with Crippen molar-refractivity contribution < 1.29 is 9.84 Å². The Labute approximate surface area is 160 Å². The Morgan fingerprint density at radius 2 is 1.50 bits per heavy atom. The van der Waals surface area contributed by atoms with Crippen LogP contribution in [0.4, 0.5) is 0 Å². The van der Waals surface area contributed by atoms with Gasteiger partial charge in [-0.3, -0.25) is 0 Å². The van der Waals surface area contributed by atoms with E-state index in [0.29, 0.717) is 13.0 Å². The van der Waals surface area contributed by atoms with Gasteiger partial charge in [0.2, 0.25) is 0 Å². The van der Waals surface area contributed by atoms with Gasteiger partial charge in [-0.1, -0.05) is 107 Å². The van der Waals surface area contributed by atoms with Crippen LogP contribution in [0.1, 0.15) is 83.1 Å². The molecule has 1 aliphatic rings. The molecule has 0 aromatic heterocycles. The molecule has 0 saturated heterocycles. The zero-order chi connectivity index (χ0) is 18.5. The highest BCUT2D eigenvalue weighted by atomic mass is 16.6. The minimum atomic E-state index is -1.13. The molecule has 0 aliphatic heterocycles. The molecule has 1 aromatic rings. The summed E-state index contributed by atoms with van der Waals surface area (Å²) in [4.78, 5) is 0. The standard InChI is InChI=1S/C24H36O2/c1-2-3-4-5-6-7-8-9-10-14-21-26-24(25)19-17-23(18-20-24)22-15-12-11-13-16-22/h11-13,15-19,25H,2-10,14,20-21H2,1H3. The molecule has 1 aromatic carbocycles. The van der Waals surface area contributed by atoms with Crippen molar-refractivity contribution in [2.45, 2.75) is 83.3 Å². The first-order chi connectivity index (χ1) is 12.7. The van der Waals surface area contributed by atoms with Gasteiger partial charge in [-0.25, -0.2) is 0 Å². The lowest BCUT2D eigenvalue weighted by Gasteiger charge is -2.27. The van der Waals surface area contributed by atoms with E-state index in [4.69, 9.17) is 4.74 Å². The molecule has 1 atom stereocenters. The van der Waals surface area contributed by atoms with E-state index in [1.165, 1.54) is 63.4 Å². The minimum Gasteiger partial charge on any atom is -0.362 e. The molecule has 1 unspecified atom stereocenters. The summed E-state index contributed by atoms with van der Waals surface area (Å²) in [5.74, 6) is -1.13. The van der Waals surface area contributed by atoms with Gasteiger partial charge in [-0.15, -0.1) is 0 Å². The van der Waals surface area contributed by atoms with Crippen molar-refractivity contribution in [2.75, 3.05) is 6.61 Å². The number of hydrogen-bond acceptors (Lipinski definition) is 2. The highest BCUT2D eigenvalue weighted by Crippen LogP contribution is 2.27. The summed E-state index contributed by atoms with van der Waals surface area (Å²) in [6, 6.07) is 10.3. The zero-order valence-electron chi connectivity index (χ0n) is 16.5. The van der Waals surface area contributed by atoms with Gasteiger partial charge < -0.3 is 9.84 Å². The summed E-state index contributed by atoms with van der Waals surface area (Å²) >= 11 is 0. The highest BCUT2D eigenvalue weighted by Gasteiger charge is 2.25. The van der Waals surface area contributed by atoms with Gasteiger partial charge in [0.1, 0.15) is 0 Å². The number of rotatable bonds is 13. The number of unbranched alkanes of at least 4 members (excludes halogenated alkanes) is 9. The van der Waals surface area contributed by atoms with Gasteiger partial charge in [0, 0.05) is 6.42 Å². The lowest BCUT2D eigenvalue weighted by Crippen LogP contribution is -2.31. The van der Waals surface area contributed by atoms with Gasteiger partial charge in [-0.05, 0) is 23.6 Å². The number of benzene rings is 1. The molecule has 0 radical (unpaired) electrons. The second-order valence-corrected chi connectivity index (χ2v) is 7.44. The predicted octanol–water partition coefficient (Wildman–Crippen LogP) is 6.66. The van der Waals surface area contributed by atoms with Crippen LogP contribution in [-0.4, -0.2) is 17.5 Å². The van der Waals surface area contributed by atoms with Crippen LogP contribution in [0, 0.1) is 0 Å². The fourth-order valence-electron chi connectivity index (χ4n) is 3.40. The Bertz CT molecular complexity index is 547. The Hall–Kier alpha value is -1.38. The number of hydrogen-bond donors (Lipinski definition) is 1. The monoisotopic (exact) mass is 356 g/mol. The lowest BCUT2D eigenvalue weighted by atomic mass is 9.96. The summed E-state index contributed by atoms with van der Waals surface area (Å²) < 4.78 is 5.75. The first kappa shape index (κ1) is 20.9. The molecule has 0 fully saturated rings. The zero-order valence-corrected chi connectivity index (χ0v) is 16.5. The van der Waals surface area contributed by atoms with Crippen LogP contribution < -0.4 is 0 Å². The van der Waals surface area contributed by atoms with Crippen molar-refractivity contribution in [3.8, 4) is 0 Å². The van der Waals surface area contributed by atoms with Crippen LogP contribution >= 0.6 is 0 Å². The highest BCUT2D eigenvalue weighted by molar-refractivity contribution is 5.75. The van der Waals surface area contributed by atoms with Crippen molar-refractivity contribution in [3.05, 3.63) is 54.1 Å². The average molecular weight is 357 g/mol. The van der Waals surface area contributed by atoms with Gasteiger partial charge in [0.25, 0.3) is 0 Å². The molecule has 1 aliphatic carbocycles. The van der Waals surface area contributed by atoms with Crippen molar-refractivity contribution in [1.29, 1.82) is 0 Å². The Morgan fingerprint density at radius 3 is 2.08 bits per heavy atom. The molecule has 0 amide bonds. The fraction of sp³-hybridized carbons (Fsp3) is 0.583. The predicted molar refractivity (Wildman–Crippen MR) is 111 cm³/mol. The summed E-state index contributed by atoms with van der Waals surface area (Å²) in [5.41, 5.74) is 2.33. The summed E-state index contributed by atoms with van der Waals surface area (Å²) in [5, 5.41) is 10.5. The van der Waals surface area contributed by atoms with E-state index in [9.17, 15) is 5.11 Å². The van der Waals surface area contributed by atoms with E-state index in [1.807, 2.05) is 24.3 Å². The number of ether oxygens (including phenoxy) is 1. The second-order valence-electron chi connectivity index (χ2n) is 7.44. The molecule has 1 N–H and O–H groups in total. The second kappa shape index (κ2) is 12.1. The van der Waals surface area contributed by atoms with Crippen LogP contribution in [0.25, 0.3) is 5.57 Å². The Kier molecular flexibility index (Phi) is 9.73. The van der Waals surface area contributed by atoms with E-state index < -0.39 is 5.79 Å². The largest absolute Gasteiger partial charge is 0.362 e. The molecule has 0 heterocycles. The maximum Gasteiger partial charge on any atom is 0.189 e. The molecular weight excluding hydrogens is 320 g/mol. The van der Waals surface area contributed by atoms with Crippen molar-refractivity contribution in [1.82, 2.24) is 0 Å². The molecule has 144 valence electrons. The van der Waals surface area contributed by atoms with Crippen LogP contribution in [0.2, 0.25) is 0 Å². The smallest absolute Gasteiger partial charge is 0.189 e. The lowest BCUT2D eigenvalue weighted by molar-refractivity contribution is -0.165. The third-order valence-electron chi connectivity index (χ3n) is 5.09. The van der Waals surface area contributed by atoms with Gasteiger partial charge in [-0.2, -0.15) is 0 Å². The molecular formula is C24H36O2. The maximum atomic E-state index is 10.5. The molecule has 0 spiro atoms. The minimum absolute atomic E-state index is 0.519. The Balaban J connectivity index is 1.52. The number of aliphatic hydroxyl groups is 1. The molecule has 2 rings (SSSR count). The van der Waals surface area contributed by atoms with Crippen LogP contribution in [0.5, 0.6) is 0 Å². The van der Waals surface area contributed by atoms with E-state index in [0.717, 1.165) is 12.0 Å². The van der Waals surface area contributed by atoms with Gasteiger partial charge in [0.05, 0.1) is 6.61 Å². The van der Waals surface area contributed by atoms with Crippen LogP contribution in [0.3, 0.4) is 0 Å². The molecule has 2 nitrogen and oxygen atoms in total. The normalized spacial score (nSPS) is 19.5. The third kappa shape index (κ3) is 7.88.